The summed E-state index contributed by atoms with van der Waals surface area (Å²) in [6, 6.07) is 8.78. The van der Waals surface area contributed by atoms with E-state index in [1.54, 1.807) is 19.3 Å². The normalized spacial score (nSPS) is 10.3. The molecule has 0 saturated carbocycles. The molecule has 0 saturated heterocycles. The van der Waals surface area contributed by atoms with Crippen molar-refractivity contribution < 1.29 is 0 Å². The lowest BCUT2D eigenvalue weighted by atomic mass is 10.2. The van der Waals surface area contributed by atoms with E-state index in [1.165, 1.54) is 10.6 Å². The molecule has 0 fully saturated rings. The van der Waals surface area contributed by atoms with Crippen LogP contribution in [0.2, 0.25) is 5.15 Å². The summed E-state index contributed by atoms with van der Waals surface area (Å²) in [5.41, 5.74) is 1.35. The standard InChI is InChI=1S/C11H9ClN2O/c1-14-10(12)6-8(7-11(14)15)9-4-2-3-5-13-9/h2-7H,1H3. The molecule has 0 aliphatic carbocycles. The van der Waals surface area contributed by atoms with Gasteiger partial charge in [0, 0.05) is 24.9 Å². The molecule has 0 bridgehead atoms. The molecule has 0 N–H and O–H groups in total. The highest BCUT2D eigenvalue weighted by atomic mass is 35.5. The Kier molecular flexibility index (Phi) is 2.56. The topological polar surface area (TPSA) is 34.9 Å². The van der Waals surface area contributed by atoms with E-state index in [4.69, 9.17) is 11.6 Å². The van der Waals surface area contributed by atoms with Gasteiger partial charge in [-0.2, -0.15) is 0 Å². The van der Waals surface area contributed by atoms with E-state index >= 15 is 0 Å². The van der Waals surface area contributed by atoms with Gasteiger partial charge in [0.15, 0.2) is 0 Å². The highest BCUT2D eigenvalue weighted by Crippen LogP contribution is 2.17. The van der Waals surface area contributed by atoms with Crippen molar-refractivity contribution in [3.63, 3.8) is 0 Å². The Hall–Kier alpha value is -1.61. The van der Waals surface area contributed by atoms with Crippen LogP contribution >= 0.6 is 11.6 Å². The van der Waals surface area contributed by atoms with E-state index in [9.17, 15) is 4.79 Å². The van der Waals surface area contributed by atoms with Gasteiger partial charge in [-0.1, -0.05) is 17.7 Å². The molecule has 0 spiro atoms. The molecule has 0 unspecified atom stereocenters. The Labute approximate surface area is 92.0 Å². The zero-order valence-electron chi connectivity index (χ0n) is 8.14. The largest absolute Gasteiger partial charge is 0.302 e. The van der Waals surface area contributed by atoms with Gasteiger partial charge in [-0.15, -0.1) is 0 Å². The molecule has 4 heteroatoms. The molecule has 2 rings (SSSR count). The SMILES string of the molecule is Cn1c(Cl)cc(-c2ccccn2)cc1=O. The van der Waals surface area contributed by atoms with Gasteiger partial charge in [-0.25, -0.2) is 0 Å². The van der Waals surface area contributed by atoms with Gasteiger partial charge < -0.3 is 4.57 Å². The highest BCUT2D eigenvalue weighted by molar-refractivity contribution is 6.29. The molecule has 0 aliphatic rings. The Balaban J connectivity index is 2.61. The number of hydrogen-bond acceptors (Lipinski definition) is 2. The number of nitrogens with zero attached hydrogens (tertiary/aromatic N) is 2. The lowest BCUT2D eigenvalue weighted by molar-refractivity contribution is 0.862. The van der Waals surface area contributed by atoms with Gasteiger partial charge in [0.05, 0.1) is 5.69 Å². The zero-order valence-corrected chi connectivity index (χ0v) is 8.90. The maximum absolute atomic E-state index is 11.5. The van der Waals surface area contributed by atoms with Crippen molar-refractivity contribution in [2.45, 2.75) is 0 Å². The molecule has 2 aromatic heterocycles. The van der Waals surface area contributed by atoms with Crippen LogP contribution in [0.15, 0.2) is 41.3 Å². The minimum atomic E-state index is -0.136. The third-order valence-corrected chi connectivity index (χ3v) is 2.53. The lowest BCUT2D eigenvalue weighted by Crippen LogP contribution is -2.15. The van der Waals surface area contributed by atoms with Crippen molar-refractivity contribution in [2.24, 2.45) is 7.05 Å². The number of halogens is 1. The van der Waals surface area contributed by atoms with Crippen LogP contribution in [0.1, 0.15) is 0 Å². The Morgan fingerprint density at radius 3 is 2.73 bits per heavy atom. The molecule has 0 aromatic carbocycles. The van der Waals surface area contributed by atoms with Crippen molar-refractivity contribution in [1.29, 1.82) is 0 Å². The zero-order chi connectivity index (χ0) is 10.8. The third-order valence-electron chi connectivity index (χ3n) is 2.17. The van der Waals surface area contributed by atoms with Crippen LogP contribution in [0, 0.1) is 0 Å². The summed E-state index contributed by atoms with van der Waals surface area (Å²) in [5, 5.41) is 0.406. The second kappa shape index (κ2) is 3.87. The Morgan fingerprint density at radius 2 is 2.13 bits per heavy atom. The molecular weight excluding hydrogens is 212 g/mol. The van der Waals surface area contributed by atoms with Crippen molar-refractivity contribution in [2.75, 3.05) is 0 Å². The second-order valence-electron chi connectivity index (χ2n) is 3.18. The number of aromatic nitrogens is 2. The summed E-state index contributed by atoms with van der Waals surface area (Å²) >= 11 is 5.90. The highest BCUT2D eigenvalue weighted by Gasteiger charge is 2.03. The van der Waals surface area contributed by atoms with Crippen LogP contribution in [0.3, 0.4) is 0 Å². The number of hydrogen-bond donors (Lipinski definition) is 0. The molecule has 2 aromatic rings. The molecule has 0 amide bonds. The summed E-state index contributed by atoms with van der Waals surface area (Å²) in [5.74, 6) is 0. The summed E-state index contributed by atoms with van der Waals surface area (Å²) in [6.07, 6.45) is 1.68. The average molecular weight is 221 g/mol. The van der Waals surface area contributed by atoms with Crippen molar-refractivity contribution in [3.05, 3.63) is 52.0 Å². The van der Waals surface area contributed by atoms with E-state index in [2.05, 4.69) is 4.98 Å². The summed E-state index contributed by atoms with van der Waals surface area (Å²) < 4.78 is 1.38. The fraction of sp³-hybridized carbons (Fsp3) is 0.0909. The van der Waals surface area contributed by atoms with Crippen LogP contribution in [0.5, 0.6) is 0 Å². The lowest BCUT2D eigenvalue weighted by Gasteiger charge is -2.04. The Morgan fingerprint density at radius 1 is 1.33 bits per heavy atom. The maximum Gasteiger partial charge on any atom is 0.252 e. The van der Waals surface area contributed by atoms with Crippen LogP contribution < -0.4 is 5.56 Å². The average Bonchev–Trinajstić information content (AvgIpc) is 2.26. The van der Waals surface area contributed by atoms with E-state index in [0.717, 1.165) is 11.3 Å². The summed E-state index contributed by atoms with van der Waals surface area (Å²) in [6.45, 7) is 0. The first-order valence-electron chi connectivity index (χ1n) is 4.46. The summed E-state index contributed by atoms with van der Waals surface area (Å²) in [7, 11) is 1.63. The predicted molar refractivity (Wildman–Crippen MR) is 59.9 cm³/mol. The first-order valence-corrected chi connectivity index (χ1v) is 4.84. The fourth-order valence-corrected chi connectivity index (χ4v) is 1.48. The molecule has 2 heterocycles. The maximum atomic E-state index is 11.5. The number of rotatable bonds is 1. The van der Waals surface area contributed by atoms with Gasteiger partial charge in [0.2, 0.25) is 0 Å². The molecular formula is C11H9ClN2O. The van der Waals surface area contributed by atoms with Gasteiger partial charge in [-0.3, -0.25) is 9.78 Å². The quantitative estimate of drug-likeness (QED) is 0.690. The predicted octanol–water partition coefficient (Wildman–Crippen LogP) is 2.10. The van der Waals surface area contributed by atoms with Gasteiger partial charge in [0.1, 0.15) is 5.15 Å². The molecule has 3 nitrogen and oxygen atoms in total. The van der Waals surface area contributed by atoms with Crippen LogP contribution in [0.4, 0.5) is 0 Å². The van der Waals surface area contributed by atoms with Gasteiger partial charge in [0.25, 0.3) is 5.56 Å². The minimum Gasteiger partial charge on any atom is -0.302 e. The molecule has 0 aliphatic heterocycles. The van der Waals surface area contributed by atoms with Crippen LogP contribution in [-0.2, 0) is 7.05 Å². The Bertz CT molecular complexity index is 534. The van der Waals surface area contributed by atoms with Crippen molar-refractivity contribution in [1.82, 2.24) is 9.55 Å². The first-order chi connectivity index (χ1) is 7.18. The molecule has 15 heavy (non-hydrogen) atoms. The fourth-order valence-electron chi connectivity index (χ4n) is 1.28. The van der Waals surface area contributed by atoms with Crippen LogP contribution in [0.25, 0.3) is 11.3 Å². The van der Waals surface area contributed by atoms with Crippen molar-refractivity contribution >= 4 is 11.6 Å². The minimum absolute atomic E-state index is 0.136. The van der Waals surface area contributed by atoms with E-state index in [0.29, 0.717) is 5.15 Å². The number of pyridine rings is 2. The molecule has 0 atom stereocenters. The monoisotopic (exact) mass is 220 g/mol. The first kappa shape index (κ1) is 9.93. The second-order valence-corrected chi connectivity index (χ2v) is 3.57. The van der Waals surface area contributed by atoms with Crippen LogP contribution in [-0.4, -0.2) is 9.55 Å². The molecule has 0 radical (unpaired) electrons. The van der Waals surface area contributed by atoms with E-state index < -0.39 is 0 Å². The van der Waals surface area contributed by atoms with Gasteiger partial charge >= 0.3 is 0 Å². The summed E-state index contributed by atoms with van der Waals surface area (Å²) in [4.78, 5) is 15.6. The van der Waals surface area contributed by atoms with Gasteiger partial charge in [-0.05, 0) is 18.2 Å². The van der Waals surface area contributed by atoms with E-state index in [-0.39, 0.29) is 5.56 Å². The smallest absolute Gasteiger partial charge is 0.252 e. The van der Waals surface area contributed by atoms with E-state index in [1.807, 2.05) is 18.2 Å². The third kappa shape index (κ3) is 1.92. The van der Waals surface area contributed by atoms with Crippen molar-refractivity contribution in [3.8, 4) is 11.3 Å². The molecule has 76 valence electrons.